The summed E-state index contributed by atoms with van der Waals surface area (Å²) >= 11 is 0. The second-order valence-electron chi connectivity index (χ2n) is 16.1. The molecule has 2 unspecified atom stereocenters. The fraction of sp³-hybridized carbons (Fsp3) is 0.837. The lowest BCUT2D eigenvalue weighted by Gasteiger charge is -2.19. The van der Waals surface area contributed by atoms with Gasteiger partial charge in [-0.1, -0.05) is 185 Å². The van der Waals surface area contributed by atoms with Crippen LogP contribution < -0.4 is 5.32 Å². The molecule has 3 N–H and O–H groups in total. The molecule has 0 saturated carbocycles. The standard InChI is InChI=1S/C49H91NO5/c1-3-5-7-9-11-13-15-17-18-19-20-21-22-25-29-33-37-41-47(52)46(45-51)50-48(53)42-38-34-30-26-24-28-32-36-40-44-55-49(54)43-39-35-31-27-23-16-14-12-10-8-6-4-2/h12,14,26,30,37,41,46-47,51-52H,3-11,13,15-25,27-29,31-36,38-40,42-45H2,1-2H3,(H,50,53)/b14-12-,30-26-,41-37+. The Balaban J connectivity index is 3.61. The summed E-state index contributed by atoms with van der Waals surface area (Å²) in [7, 11) is 0. The van der Waals surface area contributed by atoms with Gasteiger partial charge < -0.3 is 20.3 Å². The van der Waals surface area contributed by atoms with Crippen molar-refractivity contribution >= 4 is 11.9 Å². The molecule has 55 heavy (non-hydrogen) atoms. The molecular weight excluding hydrogens is 683 g/mol. The fourth-order valence-electron chi connectivity index (χ4n) is 6.92. The Labute approximate surface area is 341 Å². The molecule has 0 rings (SSSR count). The number of allylic oxidation sites excluding steroid dienone is 5. The van der Waals surface area contributed by atoms with E-state index in [1.165, 1.54) is 141 Å². The van der Waals surface area contributed by atoms with Crippen molar-refractivity contribution in [3.8, 4) is 0 Å². The minimum Gasteiger partial charge on any atom is -0.466 e. The highest BCUT2D eigenvalue weighted by Crippen LogP contribution is 2.15. The molecule has 0 aliphatic carbocycles. The molecule has 2 atom stereocenters. The third-order valence-electron chi connectivity index (χ3n) is 10.6. The van der Waals surface area contributed by atoms with Crippen LogP contribution in [0.4, 0.5) is 0 Å². The molecule has 0 aromatic heterocycles. The summed E-state index contributed by atoms with van der Waals surface area (Å²) in [4.78, 5) is 24.4. The lowest BCUT2D eigenvalue weighted by molar-refractivity contribution is -0.143. The normalized spacial score (nSPS) is 13.0. The van der Waals surface area contributed by atoms with Gasteiger partial charge in [-0.3, -0.25) is 9.59 Å². The number of carbonyl (C=O) groups excluding carboxylic acids is 2. The minimum absolute atomic E-state index is 0.0488. The van der Waals surface area contributed by atoms with Gasteiger partial charge in [0, 0.05) is 12.8 Å². The molecule has 1 amide bonds. The predicted octanol–water partition coefficient (Wildman–Crippen LogP) is 13.7. The van der Waals surface area contributed by atoms with Crippen molar-refractivity contribution in [3.63, 3.8) is 0 Å². The van der Waals surface area contributed by atoms with Crippen LogP contribution in [0.2, 0.25) is 0 Å². The van der Waals surface area contributed by atoms with Gasteiger partial charge in [-0.25, -0.2) is 0 Å². The first-order valence-electron chi connectivity index (χ1n) is 23.8. The van der Waals surface area contributed by atoms with Crippen molar-refractivity contribution in [2.45, 2.75) is 251 Å². The summed E-state index contributed by atoms with van der Waals surface area (Å²) in [6.07, 6.45) is 52.8. The lowest BCUT2D eigenvalue weighted by atomic mass is 10.0. The lowest BCUT2D eigenvalue weighted by Crippen LogP contribution is -2.45. The van der Waals surface area contributed by atoms with E-state index < -0.39 is 12.1 Å². The van der Waals surface area contributed by atoms with Crippen LogP contribution in [0, 0.1) is 0 Å². The van der Waals surface area contributed by atoms with Gasteiger partial charge >= 0.3 is 5.97 Å². The average molecular weight is 774 g/mol. The van der Waals surface area contributed by atoms with Crippen molar-refractivity contribution < 1.29 is 24.5 Å². The Morgan fingerprint density at radius 1 is 0.491 bits per heavy atom. The zero-order chi connectivity index (χ0) is 40.1. The van der Waals surface area contributed by atoms with Crippen LogP contribution in [0.3, 0.4) is 0 Å². The van der Waals surface area contributed by atoms with Crippen LogP contribution in [0.15, 0.2) is 36.5 Å². The summed E-state index contributed by atoms with van der Waals surface area (Å²) in [5.41, 5.74) is 0. The number of amides is 1. The summed E-state index contributed by atoms with van der Waals surface area (Å²) in [6, 6.07) is -0.665. The van der Waals surface area contributed by atoms with Gasteiger partial charge in [0.25, 0.3) is 0 Å². The smallest absolute Gasteiger partial charge is 0.305 e. The van der Waals surface area contributed by atoms with Crippen LogP contribution in [0.5, 0.6) is 0 Å². The molecule has 0 bridgehead atoms. The number of hydrogen-bond acceptors (Lipinski definition) is 5. The molecule has 0 fully saturated rings. The van der Waals surface area contributed by atoms with E-state index in [0.29, 0.717) is 19.4 Å². The Morgan fingerprint density at radius 3 is 1.36 bits per heavy atom. The number of esters is 1. The van der Waals surface area contributed by atoms with Crippen molar-refractivity contribution in [1.29, 1.82) is 0 Å². The van der Waals surface area contributed by atoms with Gasteiger partial charge in [-0.15, -0.1) is 0 Å². The van der Waals surface area contributed by atoms with Crippen molar-refractivity contribution in [1.82, 2.24) is 5.32 Å². The molecule has 6 nitrogen and oxygen atoms in total. The number of hydrogen-bond donors (Lipinski definition) is 3. The quantitative estimate of drug-likeness (QED) is 0.0326. The van der Waals surface area contributed by atoms with Gasteiger partial charge in [-0.05, 0) is 77.0 Å². The Kier molecular flexibility index (Phi) is 43.2. The van der Waals surface area contributed by atoms with Gasteiger partial charge in [0.1, 0.15) is 0 Å². The highest BCUT2D eigenvalue weighted by molar-refractivity contribution is 5.76. The first-order valence-corrected chi connectivity index (χ1v) is 23.8. The number of aliphatic hydroxyl groups is 2. The summed E-state index contributed by atoms with van der Waals surface area (Å²) in [5, 5.41) is 23.0. The number of unbranched alkanes of at least 4 members (excludes halogenated alkanes) is 28. The molecule has 0 spiro atoms. The number of aliphatic hydroxyl groups excluding tert-OH is 2. The summed E-state index contributed by atoms with van der Waals surface area (Å²) in [5.74, 6) is -0.178. The van der Waals surface area contributed by atoms with Crippen LogP contribution in [-0.4, -0.2) is 47.4 Å². The first-order chi connectivity index (χ1) is 27.0. The van der Waals surface area contributed by atoms with E-state index in [1.807, 2.05) is 6.08 Å². The van der Waals surface area contributed by atoms with Crippen LogP contribution >= 0.6 is 0 Å². The van der Waals surface area contributed by atoms with Crippen molar-refractivity contribution in [2.24, 2.45) is 0 Å². The van der Waals surface area contributed by atoms with E-state index in [9.17, 15) is 19.8 Å². The maximum Gasteiger partial charge on any atom is 0.305 e. The third-order valence-corrected chi connectivity index (χ3v) is 10.6. The summed E-state index contributed by atoms with van der Waals surface area (Å²) < 4.78 is 5.41. The van der Waals surface area contributed by atoms with Crippen LogP contribution in [-0.2, 0) is 14.3 Å². The number of rotatable bonds is 43. The molecule has 0 aromatic rings. The van der Waals surface area contributed by atoms with Gasteiger partial charge in [0.05, 0.1) is 25.4 Å². The topological polar surface area (TPSA) is 95.9 Å². The second-order valence-corrected chi connectivity index (χ2v) is 16.1. The molecular formula is C49H91NO5. The SMILES string of the molecule is CCCCC/C=C\CCCCCCCC(=O)OCCCCCC/C=C\CCCC(=O)NC(CO)C(O)/C=C/CCCCCCCCCCCCCCCCC. The monoisotopic (exact) mass is 774 g/mol. The molecule has 0 aliphatic rings. The van der Waals surface area contributed by atoms with Crippen molar-refractivity contribution in [3.05, 3.63) is 36.5 Å². The highest BCUT2D eigenvalue weighted by atomic mass is 16.5. The number of carbonyl (C=O) groups is 2. The fourth-order valence-corrected chi connectivity index (χ4v) is 6.92. The molecule has 0 aliphatic heterocycles. The van der Waals surface area contributed by atoms with Crippen molar-refractivity contribution in [2.75, 3.05) is 13.2 Å². The predicted molar refractivity (Wildman–Crippen MR) is 236 cm³/mol. The zero-order valence-corrected chi connectivity index (χ0v) is 36.4. The maximum absolute atomic E-state index is 12.4. The third kappa shape index (κ3) is 41.5. The Morgan fingerprint density at radius 2 is 0.873 bits per heavy atom. The highest BCUT2D eigenvalue weighted by Gasteiger charge is 2.17. The minimum atomic E-state index is -0.875. The summed E-state index contributed by atoms with van der Waals surface area (Å²) in [6.45, 7) is 4.77. The van der Waals surface area contributed by atoms with E-state index in [-0.39, 0.29) is 18.5 Å². The Bertz CT molecular complexity index is 900. The van der Waals surface area contributed by atoms with Gasteiger partial charge in [-0.2, -0.15) is 0 Å². The number of ether oxygens (including phenoxy) is 1. The molecule has 0 aromatic carbocycles. The molecule has 0 heterocycles. The van der Waals surface area contributed by atoms with E-state index in [1.54, 1.807) is 6.08 Å². The van der Waals surface area contributed by atoms with E-state index >= 15 is 0 Å². The number of nitrogens with one attached hydrogen (secondary N) is 1. The van der Waals surface area contributed by atoms with Gasteiger partial charge in [0.2, 0.25) is 5.91 Å². The second kappa shape index (κ2) is 44.8. The van der Waals surface area contributed by atoms with E-state index in [0.717, 1.165) is 70.6 Å². The molecule has 0 saturated heterocycles. The average Bonchev–Trinajstić information content (AvgIpc) is 3.18. The van der Waals surface area contributed by atoms with Gasteiger partial charge in [0.15, 0.2) is 0 Å². The molecule has 322 valence electrons. The van der Waals surface area contributed by atoms with E-state index in [2.05, 4.69) is 43.5 Å². The van der Waals surface area contributed by atoms with E-state index in [4.69, 9.17) is 4.74 Å². The van der Waals surface area contributed by atoms with Crippen LogP contribution in [0.25, 0.3) is 0 Å². The molecule has 6 heteroatoms. The van der Waals surface area contributed by atoms with Crippen LogP contribution in [0.1, 0.15) is 239 Å². The largest absolute Gasteiger partial charge is 0.466 e. The molecule has 0 radical (unpaired) electrons. The maximum atomic E-state index is 12.4. The Hall–Kier alpha value is -1.92. The first kappa shape index (κ1) is 53.1. The zero-order valence-electron chi connectivity index (χ0n) is 36.4.